The van der Waals surface area contributed by atoms with E-state index in [9.17, 15) is 13.6 Å². The predicted octanol–water partition coefficient (Wildman–Crippen LogP) is 3.97. The van der Waals surface area contributed by atoms with Gasteiger partial charge in [0.15, 0.2) is 5.75 Å². The van der Waals surface area contributed by atoms with Crippen molar-refractivity contribution in [2.45, 2.75) is 33.3 Å². The second-order valence-electron chi connectivity index (χ2n) is 6.59. The summed E-state index contributed by atoms with van der Waals surface area (Å²) in [4.78, 5) is 27.4. The van der Waals surface area contributed by atoms with Gasteiger partial charge in [0, 0.05) is 37.9 Å². The summed E-state index contributed by atoms with van der Waals surface area (Å²) >= 11 is 0. The lowest BCUT2D eigenvalue weighted by Gasteiger charge is -2.16. The molecule has 0 fully saturated rings. The van der Waals surface area contributed by atoms with Crippen molar-refractivity contribution in [1.29, 1.82) is 0 Å². The number of anilines is 3. The number of hydrogen-bond acceptors (Lipinski definition) is 7. The Balaban J connectivity index is 1.92. The molecule has 156 valence electrons. The molecule has 0 aliphatic carbocycles. The van der Waals surface area contributed by atoms with Crippen LogP contribution in [0.5, 0.6) is 5.75 Å². The van der Waals surface area contributed by atoms with Gasteiger partial charge in [0.25, 0.3) is 0 Å². The van der Waals surface area contributed by atoms with E-state index in [0.717, 1.165) is 6.92 Å². The van der Waals surface area contributed by atoms with Crippen LogP contribution in [0.4, 0.5) is 26.1 Å². The Labute approximate surface area is 171 Å². The number of carbonyl (C=O) groups is 1. The minimum absolute atomic E-state index is 0.154. The number of nitrogens with zero attached hydrogens (tertiary/aromatic N) is 4. The van der Waals surface area contributed by atoms with Gasteiger partial charge < -0.3 is 15.4 Å². The highest BCUT2D eigenvalue weighted by Crippen LogP contribution is 2.31. The van der Waals surface area contributed by atoms with Gasteiger partial charge in [-0.1, -0.05) is 6.07 Å². The normalized spacial score (nSPS) is 11.1. The number of nitrogens with one attached hydrogen (secondary N) is 2. The Morgan fingerprint density at radius 1 is 1.17 bits per heavy atom. The van der Waals surface area contributed by atoms with E-state index in [-0.39, 0.29) is 24.1 Å². The van der Waals surface area contributed by atoms with Gasteiger partial charge in [-0.15, -0.1) is 0 Å². The van der Waals surface area contributed by atoms with Crippen molar-refractivity contribution in [3.8, 4) is 5.75 Å². The first-order valence-electron chi connectivity index (χ1n) is 9.02. The van der Waals surface area contributed by atoms with Gasteiger partial charge in [-0.05, 0) is 19.1 Å². The molecular weight excluding hydrogens is 394 g/mol. The number of halogens is 2. The molecule has 0 saturated heterocycles. The highest BCUT2D eigenvalue weighted by Gasteiger charge is 2.29. The molecular formula is C20H20F2N6O2. The summed E-state index contributed by atoms with van der Waals surface area (Å²) in [5.74, 6) is -3.35. The lowest BCUT2D eigenvalue weighted by Crippen LogP contribution is -2.14. The Hall–Kier alpha value is -3.69. The predicted molar refractivity (Wildman–Crippen MR) is 107 cm³/mol. The molecule has 0 saturated carbocycles. The Bertz CT molecular complexity index is 1040. The minimum atomic E-state index is -3.19. The van der Waals surface area contributed by atoms with Crippen LogP contribution in [-0.4, -0.2) is 25.8 Å². The fourth-order valence-electron chi connectivity index (χ4n) is 2.51. The lowest BCUT2D eigenvalue weighted by molar-refractivity contribution is -0.114. The highest BCUT2D eigenvalue weighted by atomic mass is 19.3. The van der Waals surface area contributed by atoms with E-state index in [1.165, 1.54) is 25.3 Å². The number of alkyl halides is 2. The Morgan fingerprint density at radius 2 is 1.97 bits per heavy atom. The zero-order chi connectivity index (χ0) is 21.7. The molecule has 30 heavy (non-hydrogen) atoms. The summed E-state index contributed by atoms with van der Waals surface area (Å²) in [6.45, 7) is 3.84. The maximum Gasteiger partial charge on any atom is 0.303 e. The molecule has 1 amide bonds. The van der Waals surface area contributed by atoms with Crippen molar-refractivity contribution in [1.82, 2.24) is 19.9 Å². The summed E-state index contributed by atoms with van der Waals surface area (Å²) in [5, 5.41) is 5.52. The van der Waals surface area contributed by atoms with Crippen LogP contribution in [0, 0.1) is 6.92 Å². The summed E-state index contributed by atoms with van der Waals surface area (Å²) in [7, 11) is 0. The van der Waals surface area contributed by atoms with Gasteiger partial charge in [0.05, 0.1) is 17.6 Å². The molecule has 0 aromatic carbocycles. The summed E-state index contributed by atoms with van der Waals surface area (Å²) < 4.78 is 33.2. The average molecular weight is 414 g/mol. The molecule has 3 aromatic heterocycles. The molecule has 2 N–H and O–H groups in total. The van der Waals surface area contributed by atoms with Gasteiger partial charge in [-0.2, -0.15) is 8.78 Å². The molecule has 10 heteroatoms. The molecule has 3 heterocycles. The lowest BCUT2D eigenvalue weighted by atomic mass is 10.3. The second-order valence-corrected chi connectivity index (χ2v) is 6.59. The topological polar surface area (TPSA) is 102 Å². The maximum absolute atomic E-state index is 13.7. The van der Waals surface area contributed by atoms with Crippen molar-refractivity contribution in [2.24, 2.45) is 0 Å². The standard InChI is InChI=1S/C20H20F2N6O2/c1-12-8-18(28-19(25-12)20(3,21)22)27-15-9-17(26-13(2)29)24-10-16(15)30-11-14-6-4-5-7-23-14/h4-10H,11H2,1-3H3,(H2,24,25,26,27,28,29). The average Bonchev–Trinajstić information content (AvgIpc) is 2.66. The number of hydrogen-bond donors (Lipinski definition) is 2. The van der Waals surface area contributed by atoms with Crippen molar-refractivity contribution in [3.63, 3.8) is 0 Å². The first-order valence-corrected chi connectivity index (χ1v) is 9.02. The van der Waals surface area contributed by atoms with Crippen LogP contribution in [0.25, 0.3) is 0 Å². The maximum atomic E-state index is 13.7. The van der Waals surface area contributed by atoms with Gasteiger partial charge in [0.1, 0.15) is 18.2 Å². The van der Waals surface area contributed by atoms with E-state index in [4.69, 9.17) is 4.74 Å². The fraction of sp³-hybridized carbons (Fsp3) is 0.250. The number of amides is 1. The van der Waals surface area contributed by atoms with Crippen molar-refractivity contribution >= 4 is 23.2 Å². The molecule has 0 unspecified atom stereocenters. The minimum Gasteiger partial charge on any atom is -0.483 e. The third kappa shape index (κ3) is 5.66. The third-order valence-electron chi connectivity index (χ3n) is 3.78. The first-order chi connectivity index (χ1) is 14.2. The molecule has 3 aromatic rings. The summed E-state index contributed by atoms with van der Waals surface area (Å²) in [6.07, 6.45) is 3.06. The van der Waals surface area contributed by atoms with Crippen LogP contribution in [0.15, 0.2) is 42.7 Å². The van der Waals surface area contributed by atoms with Gasteiger partial charge in [-0.25, -0.2) is 15.0 Å². The second kappa shape index (κ2) is 8.76. The Kier molecular flexibility index (Phi) is 6.14. The van der Waals surface area contributed by atoms with Crippen molar-refractivity contribution in [2.75, 3.05) is 10.6 Å². The number of ether oxygens (including phenoxy) is 1. The van der Waals surface area contributed by atoms with Crippen molar-refractivity contribution in [3.05, 3.63) is 59.9 Å². The summed E-state index contributed by atoms with van der Waals surface area (Å²) in [5.41, 5.74) is 1.45. The van der Waals surface area contributed by atoms with Crippen LogP contribution < -0.4 is 15.4 Å². The van der Waals surface area contributed by atoms with Crippen LogP contribution >= 0.6 is 0 Å². The molecule has 0 radical (unpaired) electrons. The number of pyridine rings is 2. The zero-order valence-electron chi connectivity index (χ0n) is 16.6. The summed E-state index contributed by atoms with van der Waals surface area (Å²) in [6, 6.07) is 8.47. The number of carbonyl (C=O) groups excluding carboxylic acids is 1. The SMILES string of the molecule is CC(=O)Nc1cc(Nc2cc(C)nc(C(C)(F)F)n2)c(OCc2ccccn2)cn1. The van der Waals surface area contributed by atoms with Crippen LogP contribution in [-0.2, 0) is 17.3 Å². The number of rotatable bonds is 7. The molecule has 0 spiro atoms. The van der Waals surface area contributed by atoms with Crippen LogP contribution in [0.1, 0.15) is 31.1 Å². The monoisotopic (exact) mass is 414 g/mol. The van der Waals surface area contributed by atoms with E-state index in [0.29, 0.717) is 22.8 Å². The number of aryl methyl sites for hydroxylation is 1. The Morgan fingerprint density at radius 3 is 2.63 bits per heavy atom. The molecule has 0 aliphatic rings. The molecule has 8 nitrogen and oxygen atoms in total. The molecule has 0 aliphatic heterocycles. The van der Waals surface area contributed by atoms with Gasteiger partial charge >= 0.3 is 5.92 Å². The van der Waals surface area contributed by atoms with Crippen LogP contribution in [0.2, 0.25) is 0 Å². The first kappa shape index (κ1) is 21.0. The van der Waals surface area contributed by atoms with Gasteiger partial charge in [0.2, 0.25) is 11.7 Å². The fourth-order valence-corrected chi connectivity index (χ4v) is 2.51. The molecule has 3 rings (SSSR count). The zero-order valence-corrected chi connectivity index (χ0v) is 16.6. The highest BCUT2D eigenvalue weighted by molar-refractivity contribution is 5.88. The number of aromatic nitrogens is 4. The molecule has 0 atom stereocenters. The largest absolute Gasteiger partial charge is 0.483 e. The molecule has 0 bridgehead atoms. The smallest absolute Gasteiger partial charge is 0.303 e. The van der Waals surface area contributed by atoms with Crippen molar-refractivity contribution < 1.29 is 18.3 Å². The van der Waals surface area contributed by atoms with Crippen LogP contribution in [0.3, 0.4) is 0 Å². The van der Waals surface area contributed by atoms with Gasteiger partial charge in [-0.3, -0.25) is 9.78 Å². The van der Waals surface area contributed by atoms with E-state index in [1.807, 2.05) is 6.07 Å². The van der Waals surface area contributed by atoms with E-state index in [2.05, 4.69) is 30.6 Å². The third-order valence-corrected chi connectivity index (χ3v) is 3.78. The quantitative estimate of drug-likeness (QED) is 0.603. The van der Waals surface area contributed by atoms with E-state index in [1.54, 1.807) is 25.3 Å². The van der Waals surface area contributed by atoms with E-state index < -0.39 is 11.7 Å². The van der Waals surface area contributed by atoms with E-state index >= 15 is 0 Å².